The van der Waals surface area contributed by atoms with E-state index in [1.807, 2.05) is 24.3 Å². The number of hydrogen-bond acceptors (Lipinski definition) is 5. The Hall–Kier alpha value is -3.08. The van der Waals surface area contributed by atoms with Gasteiger partial charge in [-0.15, -0.1) is 0 Å². The van der Waals surface area contributed by atoms with Crippen molar-refractivity contribution in [3.63, 3.8) is 0 Å². The van der Waals surface area contributed by atoms with Crippen LogP contribution in [0.5, 0.6) is 11.5 Å². The number of benzene rings is 2. The molecule has 0 bridgehead atoms. The standard InChI is InChI=1S/C22H22O5/c1-4-15-5-7-16(8-6-15)11-20-22(24)18-10-9-17(12-19(18)27-20)25-13-21(23)26-14(2)3/h5-12,14H,4,13H2,1-3H3. The van der Waals surface area contributed by atoms with Gasteiger partial charge in [-0.2, -0.15) is 0 Å². The Morgan fingerprint density at radius 2 is 1.89 bits per heavy atom. The highest BCUT2D eigenvalue weighted by Crippen LogP contribution is 2.34. The van der Waals surface area contributed by atoms with Crippen LogP contribution < -0.4 is 9.47 Å². The summed E-state index contributed by atoms with van der Waals surface area (Å²) in [4.78, 5) is 24.1. The second-order valence-electron chi connectivity index (χ2n) is 6.52. The Kier molecular flexibility index (Phi) is 5.60. The van der Waals surface area contributed by atoms with Gasteiger partial charge in [0.2, 0.25) is 5.78 Å². The van der Waals surface area contributed by atoms with Crippen molar-refractivity contribution >= 4 is 17.8 Å². The fraction of sp³-hybridized carbons (Fsp3) is 0.273. The third-order valence-corrected chi connectivity index (χ3v) is 4.05. The predicted molar refractivity (Wildman–Crippen MR) is 102 cm³/mol. The van der Waals surface area contributed by atoms with Crippen LogP contribution >= 0.6 is 0 Å². The van der Waals surface area contributed by atoms with Crippen LogP contribution in [0.25, 0.3) is 6.08 Å². The fourth-order valence-corrected chi connectivity index (χ4v) is 2.70. The monoisotopic (exact) mass is 366 g/mol. The van der Waals surface area contributed by atoms with E-state index in [1.165, 1.54) is 5.56 Å². The summed E-state index contributed by atoms with van der Waals surface area (Å²) >= 11 is 0. The van der Waals surface area contributed by atoms with Gasteiger partial charge in [0, 0.05) is 6.07 Å². The molecule has 0 saturated heterocycles. The molecule has 3 rings (SSSR count). The summed E-state index contributed by atoms with van der Waals surface area (Å²) < 4.78 is 16.2. The molecule has 0 fully saturated rings. The maximum atomic E-state index is 12.5. The minimum atomic E-state index is -0.446. The average molecular weight is 366 g/mol. The molecule has 2 aromatic rings. The first-order valence-electron chi connectivity index (χ1n) is 8.95. The summed E-state index contributed by atoms with van der Waals surface area (Å²) in [5.41, 5.74) is 2.61. The molecule has 27 heavy (non-hydrogen) atoms. The van der Waals surface area contributed by atoms with Gasteiger partial charge in [0.1, 0.15) is 11.5 Å². The topological polar surface area (TPSA) is 61.8 Å². The first-order valence-corrected chi connectivity index (χ1v) is 8.95. The lowest BCUT2D eigenvalue weighted by Crippen LogP contribution is -2.18. The molecule has 0 aliphatic carbocycles. The van der Waals surface area contributed by atoms with E-state index in [-0.39, 0.29) is 24.3 Å². The van der Waals surface area contributed by atoms with Gasteiger partial charge in [0.25, 0.3) is 0 Å². The third-order valence-electron chi connectivity index (χ3n) is 4.05. The second-order valence-corrected chi connectivity index (χ2v) is 6.52. The number of ketones is 1. The maximum absolute atomic E-state index is 12.5. The van der Waals surface area contributed by atoms with E-state index in [0.29, 0.717) is 17.1 Å². The molecule has 5 nitrogen and oxygen atoms in total. The van der Waals surface area contributed by atoms with Crippen molar-refractivity contribution in [1.29, 1.82) is 0 Å². The molecule has 0 unspecified atom stereocenters. The first kappa shape index (κ1) is 18.7. The largest absolute Gasteiger partial charge is 0.482 e. The van der Waals surface area contributed by atoms with Crippen molar-refractivity contribution in [1.82, 2.24) is 0 Å². The molecule has 0 N–H and O–H groups in total. The number of carbonyl (C=O) groups excluding carboxylic acids is 2. The van der Waals surface area contributed by atoms with Gasteiger partial charge in [0.15, 0.2) is 12.4 Å². The van der Waals surface area contributed by atoms with Crippen molar-refractivity contribution in [3.05, 3.63) is 64.9 Å². The summed E-state index contributed by atoms with van der Waals surface area (Å²) in [6.45, 7) is 5.44. The van der Waals surface area contributed by atoms with Crippen LogP contribution in [-0.2, 0) is 16.0 Å². The van der Waals surface area contributed by atoms with Gasteiger partial charge in [-0.1, -0.05) is 31.2 Å². The molecule has 140 valence electrons. The molecule has 0 spiro atoms. The summed E-state index contributed by atoms with van der Waals surface area (Å²) in [5.74, 6) is 0.515. The van der Waals surface area contributed by atoms with Crippen LogP contribution in [0.3, 0.4) is 0 Å². The molecular weight excluding hydrogens is 344 g/mol. The zero-order valence-electron chi connectivity index (χ0n) is 15.7. The van der Waals surface area contributed by atoms with Crippen LogP contribution in [0.4, 0.5) is 0 Å². The number of ether oxygens (including phenoxy) is 3. The van der Waals surface area contributed by atoms with Crippen LogP contribution in [-0.4, -0.2) is 24.5 Å². The number of esters is 1. The van der Waals surface area contributed by atoms with Crippen LogP contribution in [0, 0.1) is 0 Å². The molecule has 5 heteroatoms. The number of rotatable bonds is 6. The number of allylic oxidation sites excluding steroid dienone is 1. The Morgan fingerprint density at radius 3 is 2.56 bits per heavy atom. The molecule has 1 aliphatic rings. The summed E-state index contributed by atoms with van der Waals surface area (Å²) in [5, 5.41) is 0. The number of aryl methyl sites for hydroxylation is 1. The quantitative estimate of drug-likeness (QED) is 0.566. The lowest BCUT2D eigenvalue weighted by molar-refractivity contribution is -0.149. The first-order chi connectivity index (χ1) is 13.0. The molecule has 1 heterocycles. The second kappa shape index (κ2) is 8.08. The predicted octanol–water partition coefficient (Wildman–Crippen LogP) is 4.20. The zero-order chi connectivity index (χ0) is 19.4. The molecule has 0 radical (unpaired) electrons. The van der Waals surface area contributed by atoms with E-state index in [4.69, 9.17) is 14.2 Å². The number of carbonyl (C=O) groups is 2. The van der Waals surface area contributed by atoms with Crippen molar-refractivity contribution in [2.24, 2.45) is 0 Å². The van der Waals surface area contributed by atoms with Gasteiger partial charge in [-0.05, 0) is 49.6 Å². The Labute approximate surface area is 158 Å². The summed E-state index contributed by atoms with van der Waals surface area (Å²) in [6.07, 6.45) is 2.49. The van der Waals surface area contributed by atoms with Crippen LogP contribution in [0.15, 0.2) is 48.2 Å². The van der Waals surface area contributed by atoms with Gasteiger partial charge < -0.3 is 14.2 Å². The Balaban J connectivity index is 1.71. The minimum Gasteiger partial charge on any atom is -0.482 e. The fourth-order valence-electron chi connectivity index (χ4n) is 2.70. The third kappa shape index (κ3) is 4.56. The average Bonchev–Trinajstić information content (AvgIpc) is 2.95. The highest BCUT2D eigenvalue weighted by atomic mass is 16.6. The molecule has 1 aliphatic heterocycles. The molecule has 0 aromatic heterocycles. The van der Waals surface area contributed by atoms with Gasteiger partial charge in [-0.3, -0.25) is 4.79 Å². The van der Waals surface area contributed by atoms with Crippen molar-refractivity contribution in [2.75, 3.05) is 6.61 Å². The number of fused-ring (bicyclic) bond motifs is 1. The van der Waals surface area contributed by atoms with Crippen molar-refractivity contribution < 1.29 is 23.8 Å². The SMILES string of the molecule is CCc1ccc(C=C2Oc3cc(OCC(=O)OC(C)C)ccc3C2=O)cc1. The van der Waals surface area contributed by atoms with E-state index in [1.54, 1.807) is 38.1 Å². The van der Waals surface area contributed by atoms with E-state index < -0.39 is 5.97 Å². The maximum Gasteiger partial charge on any atom is 0.344 e. The van der Waals surface area contributed by atoms with E-state index in [2.05, 4.69) is 6.92 Å². The van der Waals surface area contributed by atoms with Crippen molar-refractivity contribution in [3.8, 4) is 11.5 Å². The Morgan fingerprint density at radius 1 is 1.15 bits per heavy atom. The van der Waals surface area contributed by atoms with Gasteiger partial charge in [-0.25, -0.2) is 4.79 Å². The van der Waals surface area contributed by atoms with Gasteiger partial charge >= 0.3 is 5.97 Å². The Bertz CT molecular complexity index is 878. The number of Topliss-reactive ketones (excluding diaryl/α,β-unsaturated/α-hetero) is 1. The lowest BCUT2D eigenvalue weighted by atomic mass is 10.1. The smallest absolute Gasteiger partial charge is 0.344 e. The van der Waals surface area contributed by atoms with E-state index in [9.17, 15) is 9.59 Å². The summed E-state index contributed by atoms with van der Waals surface area (Å²) in [6, 6.07) is 12.9. The molecule has 2 aromatic carbocycles. The summed E-state index contributed by atoms with van der Waals surface area (Å²) in [7, 11) is 0. The van der Waals surface area contributed by atoms with Crippen LogP contribution in [0.2, 0.25) is 0 Å². The van der Waals surface area contributed by atoms with E-state index in [0.717, 1.165) is 12.0 Å². The zero-order valence-corrected chi connectivity index (χ0v) is 15.7. The molecular formula is C22H22O5. The van der Waals surface area contributed by atoms with Crippen LogP contribution in [0.1, 0.15) is 42.3 Å². The highest BCUT2D eigenvalue weighted by Gasteiger charge is 2.27. The molecule has 0 amide bonds. The van der Waals surface area contributed by atoms with E-state index >= 15 is 0 Å². The lowest BCUT2D eigenvalue weighted by Gasteiger charge is -2.09. The number of hydrogen-bond donors (Lipinski definition) is 0. The normalized spacial score (nSPS) is 14.2. The molecule has 0 atom stereocenters. The molecule has 0 saturated carbocycles. The van der Waals surface area contributed by atoms with Gasteiger partial charge in [0.05, 0.1) is 11.7 Å². The minimum absolute atomic E-state index is 0.171. The highest BCUT2D eigenvalue weighted by molar-refractivity contribution is 6.14. The van der Waals surface area contributed by atoms with Crippen molar-refractivity contribution in [2.45, 2.75) is 33.3 Å².